The third kappa shape index (κ3) is 2.54. The lowest BCUT2D eigenvalue weighted by molar-refractivity contribution is 0.0541. The number of amides is 1. The maximum Gasteiger partial charge on any atom is 0.255 e. The summed E-state index contributed by atoms with van der Waals surface area (Å²) < 4.78 is 0. The number of hydrogen-bond acceptors (Lipinski definition) is 3. The first-order chi connectivity index (χ1) is 8.65. The van der Waals surface area contributed by atoms with Crippen LogP contribution in [0.5, 0.6) is 0 Å². The molecule has 1 aromatic rings. The molecule has 4 heteroatoms. The summed E-state index contributed by atoms with van der Waals surface area (Å²) in [5.74, 6) is 0.154. The zero-order valence-electron chi connectivity index (χ0n) is 11.1. The van der Waals surface area contributed by atoms with E-state index in [9.17, 15) is 4.79 Å². The van der Waals surface area contributed by atoms with Gasteiger partial charge in [0.1, 0.15) is 0 Å². The molecular weight excluding hydrogens is 244 g/mol. The third-order valence-electron chi connectivity index (χ3n) is 3.40. The van der Waals surface area contributed by atoms with Gasteiger partial charge in [0.25, 0.3) is 5.91 Å². The highest BCUT2D eigenvalue weighted by molar-refractivity contribution is 7.98. The molecule has 98 valence electrons. The van der Waals surface area contributed by atoms with E-state index >= 15 is 0 Å². The first-order valence-corrected chi connectivity index (χ1v) is 7.54. The van der Waals surface area contributed by atoms with Crippen LogP contribution < -0.4 is 5.32 Å². The highest BCUT2D eigenvalue weighted by atomic mass is 32.2. The number of rotatable bonds is 2. The standard InChI is InChI=1S/C14H20N2OS/c1-10-8-15-9-11(2)16(10)14(17)12-6-4-5-7-13(12)18-3/h4-7,10-11,15H,8-9H2,1-3H3. The van der Waals surface area contributed by atoms with Crippen molar-refractivity contribution < 1.29 is 4.79 Å². The summed E-state index contributed by atoms with van der Waals surface area (Å²) in [6.07, 6.45) is 2.01. The molecule has 0 saturated carbocycles. The van der Waals surface area contributed by atoms with E-state index in [0.29, 0.717) is 0 Å². The molecule has 0 aliphatic carbocycles. The largest absolute Gasteiger partial charge is 0.331 e. The monoisotopic (exact) mass is 264 g/mol. The van der Waals surface area contributed by atoms with E-state index in [4.69, 9.17) is 0 Å². The van der Waals surface area contributed by atoms with Gasteiger partial charge in [0.15, 0.2) is 0 Å². The number of nitrogens with zero attached hydrogens (tertiary/aromatic N) is 1. The average Bonchev–Trinajstić information content (AvgIpc) is 2.38. The molecule has 1 aliphatic rings. The van der Waals surface area contributed by atoms with Crippen molar-refractivity contribution in [3.8, 4) is 0 Å². The normalized spacial score (nSPS) is 24.1. The Morgan fingerprint density at radius 2 is 1.89 bits per heavy atom. The van der Waals surface area contributed by atoms with Gasteiger partial charge in [-0.1, -0.05) is 12.1 Å². The molecule has 0 bridgehead atoms. The summed E-state index contributed by atoms with van der Waals surface area (Å²) in [6.45, 7) is 5.94. The fourth-order valence-electron chi connectivity index (χ4n) is 2.49. The molecule has 1 aliphatic heterocycles. The predicted octanol–water partition coefficient (Wildman–Crippen LogP) is 2.23. The van der Waals surface area contributed by atoms with Gasteiger partial charge in [-0.05, 0) is 32.2 Å². The minimum Gasteiger partial charge on any atom is -0.331 e. The minimum absolute atomic E-state index is 0.154. The molecular formula is C14H20N2OS. The van der Waals surface area contributed by atoms with Gasteiger partial charge in [0.05, 0.1) is 5.56 Å². The Morgan fingerprint density at radius 3 is 2.50 bits per heavy atom. The van der Waals surface area contributed by atoms with E-state index < -0.39 is 0 Å². The highest BCUT2D eigenvalue weighted by Crippen LogP contribution is 2.23. The molecule has 1 saturated heterocycles. The zero-order chi connectivity index (χ0) is 13.1. The first kappa shape index (κ1) is 13.4. The van der Waals surface area contributed by atoms with Gasteiger partial charge in [-0.2, -0.15) is 0 Å². The molecule has 1 aromatic carbocycles. The predicted molar refractivity (Wildman–Crippen MR) is 76.2 cm³/mol. The molecule has 0 spiro atoms. The summed E-state index contributed by atoms with van der Waals surface area (Å²) in [7, 11) is 0. The number of nitrogens with one attached hydrogen (secondary N) is 1. The lowest BCUT2D eigenvalue weighted by Crippen LogP contribution is -2.57. The van der Waals surface area contributed by atoms with Gasteiger partial charge in [0.2, 0.25) is 0 Å². The lowest BCUT2D eigenvalue weighted by atomic mass is 10.1. The number of carbonyl (C=O) groups excluding carboxylic acids is 1. The third-order valence-corrected chi connectivity index (χ3v) is 4.20. The van der Waals surface area contributed by atoms with Crippen LogP contribution in [0.15, 0.2) is 29.2 Å². The van der Waals surface area contributed by atoms with Crippen LogP contribution in [0.3, 0.4) is 0 Å². The van der Waals surface area contributed by atoms with Crippen molar-refractivity contribution in [1.29, 1.82) is 0 Å². The van der Waals surface area contributed by atoms with Gasteiger partial charge >= 0.3 is 0 Å². The van der Waals surface area contributed by atoms with E-state index in [0.717, 1.165) is 23.5 Å². The maximum atomic E-state index is 12.7. The quantitative estimate of drug-likeness (QED) is 0.831. The number of hydrogen-bond donors (Lipinski definition) is 1. The molecule has 2 unspecified atom stereocenters. The Hall–Kier alpha value is -1.00. The van der Waals surface area contributed by atoms with Gasteiger partial charge in [-0.25, -0.2) is 0 Å². The molecule has 3 nitrogen and oxygen atoms in total. The van der Waals surface area contributed by atoms with Crippen LogP contribution in [0.1, 0.15) is 24.2 Å². The molecule has 1 heterocycles. The summed E-state index contributed by atoms with van der Waals surface area (Å²) in [4.78, 5) is 15.7. The molecule has 0 radical (unpaired) electrons. The minimum atomic E-state index is 0.154. The number of carbonyl (C=O) groups is 1. The van der Waals surface area contributed by atoms with E-state index in [2.05, 4.69) is 19.2 Å². The van der Waals surface area contributed by atoms with Crippen LogP contribution in [-0.2, 0) is 0 Å². The van der Waals surface area contributed by atoms with Crippen molar-refractivity contribution in [1.82, 2.24) is 10.2 Å². The van der Waals surface area contributed by atoms with Gasteiger partial charge < -0.3 is 10.2 Å². The maximum absolute atomic E-state index is 12.7. The number of benzene rings is 1. The van der Waals surface area contributed by atoms with Crippen molar-refractivity contribution in [3.05, 3.63) is 29.8 Å². The summed E-state index contributed by atoms with van der Waals surface area (Å²) in [5.41, 5.74) is 0.825. The van der Waals surface area contributed by atoms with E-state index in [1.54, 1.807) is 11.8 Å². The van der Waals surface area contributed by atoms with Crippen molar-refractivity contribution in [2.24, 2.45) is 0 Å². The Morgan fingerprint density at radius 1 is 1.28 bits per heavy atom. The summed E-state index contributed by atoms with van der Waals surface area (Å²) in [5, 5.41) is 3.35. The first-order valence-electron chi connectivity index (χ1n) is 6.31. The van der Waals surface area contributed by atoms with Crippen LogP contribution in [0.2, 0.25) is 0 Å². The summed E-state index contributed by atoms with van der Waals surface area (Å²) >= 11 is 1.63. The van der Waals surface area contributed by atoms with Crippen LogP contribution in [0.25, 0.3) is 0 Å². The molecule has 18 heavy (non-hydrogen) atoms. The van der Waals surface area contributed by atoms with Crippen LogP contribution in [0, 0.1) is 0 Å². The Labute approximate surface area is 113 Å². The topological polar surface area (TPSA) is 32.3 Å². The van der Waals surface area contributed by atoms with Gasteiger partial charge in [-0.15, -0.1) is 11.8 Å². The fraction of sp³-hybridized carbons (Fsp3) is 0.500. The Balaban J connectivity index is 2.29. The van der Waals surface area contributed by atoms with Crippen molar-refractivity contribution in [3.63, 3.8) is 0 Å². The smallest absolute Gasteiger partial charge is 0.255 e. The molecule has 2 atom stereocenters. The van der Waals surface area contributed by atoms with Crippen LogP contribution in [0.4, 0.5) is 0 Å². The second-order valence-corrected chi connectivity index (χ2v) is 5.62. The lowest BCUT2D eigenvalue weighted by Gasteiger charge is -2.39. The van der Waals surface area contributed by atoms with Crippen molar-refractivity contribution >= 4 is 17.7 Å². The van der Waals surface area contributed by atoms with Crippen LogP contribution in [-0.4, -0.2) is 42.2 Å². The zero-order valence-corrected chi connectivity index (χ0v) is 12.0. The fourth-order valence-corrected chi connectivity index (χ4v) is 3.08. The van der Waals surface area contributed by atoms with Gasteiger partial charge in [-0.3, -0.25) is 4.79 Å². The number of piperazine rings is 1. The van der Waals surface area contributed by atoms with E-state index in [1.165, 1.54) is 0 Å². The highest BCUT2D eigenvalue weighted by Gasteiger charge is 2.30. The molecule has 1 N–H and O–H groups in total. The second kappa shape index (κ2) is 5.76. The van der Waals surface area contributed by atoms with E-state index in [-0.39, 0.29) is 18.0 Å². The van der Waals surface area contributed by atoms with Crippen LogP contribution >= 0.6 is 11.8 Å². The van der Waals surface area contributed by atoms with E-state index in [1.807, 2.05) is 35.4 Å². The number of thioether (sulfide) groups is 1. The average molecular weight is 264 g/mol. The van der Waals surface area contributed by atoms with Crippen molar-refractivity contribution in [2.75, 3.05) is 19.3 Å². The SMILES string of the molecule is CSc1ccccc1C(=O)N1C(C)CNCC1C. The molecule has 1 amide bonds. The van der Waals surface area contributed by atoms with Gasteiger partial charge in [0, 0.05) is 30.1 Å². The second-order valence-electron chi connectivity index (χ2n) is 4.77. The van der Waals surface area contributed by atoms with Crippen molar-refractivity contribution in [2.45, 2.75) is 30.8 Å². The molecule has 0 aromatic heterocycles. The Bertz CT molecular complexity index is 426. The summed E-state index contributed by atoms with van der Waals surface area (Å²) in [6, 6.07) is 8.34. The molecule has 1 fully saturated rings. The molecule has 2 rings (SSSR count). The Kier molecular flexibility index (Phi) is 4.30.